The van der Waals surface area contributed by atoms with Gasteiger partial charge in [0.2, 0.25) is 5.91 Å². The van der Waals surface area contributed by atoms with Gasteiger partial charge in [0.1, 0.15) is 17.7 Å². The first-order valence-electron chi connectivity index (χ1n) is 11.8. The Labute approximate surface area is 218 Å². The monoisotopic (exact) mass is 517 g/mol. The molecule has 0 bridgehead atoms. The van der Waals surface area contributed by atoms with Crippen molar-refractivity contribution < 1.29 is 24.2 Å². The molecule has 3 amide bonds. The average molecular weight is 518 g/mol. The van der Waals surface area contributed by atoms with E-state index in [1.54, 1.807) is 39.8 Å². The van der Waals surface area contributed by atoms with Crippen LogP contribution in [0, 0.1) is 20.8 Å². The third-order valence-electron chi connectivity index (χ3n) is 5.64. The SMILES string of the molecule is CCN(C(=O)C(CO)NC(=O)OC(C)(C)C)C(C(=O)Nc1c(C)cccc1Cl)c1c(C)cccc1C. The molecule has 0 radical (unpaired) electrons. The second-order valence-electron chi connectivity index (χ2n) is 9.63. The lowest BCUT2D eigenvalue weighted by Gasteiger charge is -2.34. The molecule has 0 aliphatic carbocycles. The lowest BCUT2D eigenvalue weighted by molar-refractivity contribution is -0.141. The van der Waals surface area contributed by atoms with E-state index >= 15 is 0 Å². The topological polar surface area (TPSA) is 108 Å². The molecule has 0 aliphatic rings. The molecule has 2 rings (SSSR count). The maximum absolute atomic E-state index is 13.8. The summed E-state index contributed by atoms with van der Waals surface area (Å²) < 4.78 is 5.24. The van der Waals surface area contributed by atoms with Gasteiger partial charge < -0.3 is 25.4 Å². The van der Waals surface area contributed by atoms with E-state index in [1.165, 1.54) is 4.90 Å². The van der Waals surface area contributed by atoms with Crippen molar-refractivity contribution in [3.63, 3.8) is 0 Å². The molecular formula is C27H36ClN3O5. The van der Waals surface area contributed by atoms with Crippen molar-refractivity contribution in [1.82, 2.24) is 10.2 Å². The normalized spacial score (nSPS) is 12.9. The number of alkyl carbamates (subject to hydrolysis) is 1. The Kier molecular flexibility index (Phi) is 9.90. The number of ether oxygens (including phenoxy) is 1. The molecule has 9 heteroatoms. The number of para-hydroxylation sites is 1. The number of hydrogen-bond donors (Lipinski definition) is 3. The summed E-state index contributed by atoms with van der Waals surface area (Å²) in [6, 6.07) is 8.54. The number of aliphatic hydroxyl groups is 1. The van der Waals surface area contributed by atoms with E-state index in [1.807, 2.05) is 45.0 Å². The molecule has 0 aromatic heterocycles. The minimum Gasteiger partial charge on any atom is -0.444 e. The van der Waals surface area contributed by atoms with Gasteiger partial charge in [-0.15, -0.1) is 0 Å². The summed E-state index contributed by atoms with van der Waals surface area (Å²) in [6.07, 6.45) is -0.842. The van der Waals surface area contributed by atoms with Crippen LogP contribution in [-0.4, -0.2) is 52.7 Å². The molecule has 2 aromatic carbocycles. The number of aliphatic hydroxyl groups excluding tert-OH is 1. The Morgan fingerprint density at radius 1 is 1.03 bits per heavy atom. The minimum absolute atomic E-state index is 0.138. The highest BCUT2D eigenvalue weighted by Crippen LogP contribution is 2.32. The molecular weight excluding hydrogens is 482 g/mol. The van der Waals surface area contributed by atoms with E-state index in [0.29, 0.717) is 16.3 Å². The van der Waals surface area contributed by atoms with Crippen molar-refractivity contribution in [3.8, 4) is 0 Å². The van der Waals surface area contributed by atoms with Crippen molar-refractivity contribution in [2.45, 2.75) is 66.2 Å². The smallest absolute Gasteiger partial charge is 0.408 e. The van der Waals surface area contributed by atoms with Crippen molar-refractivity contribution >= 4 is 35.2 Å². The number of amides is 3. The second-order valence-corrected chi connectivity index (χ2v) is 10.0. The van der Waals surface area contributed by atoms with Crippen molar-refractivity contribution in [2.75, 3.05) is 18.5 Å². The van der Waals surface area contributed by atoms with E-state index in [9.17, 15) is 19.5 Å². The van der Waals surface area contributed by atoms with E-state index < -0.39 is 42.2 Å². The van der Waals surface area contributed by atoms with Crippen LogP contribution in [0.3, 0.4) is 0 Å². The Balaban J connectivity index is 2.51. The standard InChI is InChI=1S/C27H36ClN3O5/c1-8-31(25(34)20(15-32)29-26(35)36-27(5,6)7)23(21-16(2)11-9-12-17(21)3)24(33)30-22-18(4)13-10-14-19(22)28/h9-14,20,23,32H,8,15H2,1-7H3,(H,29,35)(H,30,33). The van der Waals surface area contributed by atoms with Crippen LogP contribution in [0.5, 0.6) is 0 Å². The zero-order chi connectivity index (χ0) is 27.2. The molecule has 2 unspecified atom stereocenters. The Morgan fingerprint density at radius 2 is 1.58 bits per heavy atom. The molecule has 0 heterocycles. The van der Waals surface area contributed by atoms with Gasteiger partial charge in [-0.1, -0.05) is 41.9 Å². The van der Waals surface area contributed by atoms with Gasteiger partial charge in [0.05, 0.1) is 17.3 Å². The highest BCUT2D eigenvalue weighted by molar-refractivity contribution is 6.34. The molecule has 0 aliphatic heterocycles. The maximum Gasteiger partial charge on any atom is 0.408 e. The van der Waals surface area contributed by atoms with Crippen LogP contribution >= 0.6 is 11.6 Å². The quantitative estimate of drug-likeness (QED) is 0.471. The summed E-state index contributed by atoms with van der Waals surface area (Å²) in [6.45, 7) is 11.8. The fourth-order valence-corrected chi connectivity index (χ4v) is 4.24. The van der Waals surface area contributed by atoms with Crippen LogP contribution in [0.1, 0.15) is 56.0 Å². The van der Waals surface area contributed by atoms with Crippen molar-refractivity contribution in [2.24, 2.45) is 0 Å². The molecule has 2 atom stereocenters. The summed E-state index contributed by atoms with van der Waals surface area (Å²) in [4.78, 5) is 41.1. The zero-order valence-corrected chi connectivity index (χ0v) is 22.7. The fourth-order valence-electron chi connectivity index (χ4n) is 3.97. The van der Waals surface area contributed by atoms with Gasteiger partial charge in [0.15, 0.2) is 0 Å². The minimum atomic E-state index is -1.30. The largest absolute Gasteiger partial charge is 0.444 e. The molecule has 0 spiro atoms. The summed E-state index contributed by atoms with van der Waals surface area (Å²) in [5.74, 6) is -1.09. The third kappa shape index (κ3) is 7.21. The van der Waals surface area contributed by atoms with E-state index in [-0.39, 0.29) is 6.54 Å². The fraction of sp³-hybridized carbons (Fsp3) is 0.444. The second kappa shape index (κ2) is 12.2. The van der Waals surface area contributed by atoms with Crippen LogP contribution in [0.4, 0.5) is 10.5 Å². The number of aryl methyl sites for hydroxylation is 3. The zero-order valence-electron chi connectivity index (χ0n) is 21.9. The summed E-state index contributed by atoms with van der Waals surface area (Å²) in [7, 11) is 0. The van der Waals surface area contributed by atoms with Gasteiger partial charge in [-0.3, -0.25) is 9.59 Å². The first-order chi connectivity index (χ1) is 16.8. The maximum atomic E-state index is 13.8. The molecule has 36 heavy (non-hydrogen) atoms. The van der Waals surface area contributed by atoms with E-state index in [2.05, 4.69) is 10.6 Å². The predicted molar refractivity (Wildman–Crippen MR) is 141 cm³/mol. The average Bonchev–Trinajstić information content (AvgIpc) is 2.77. The molecule has 0 saturated heterocycles. The van der Waals surface area contributed by atoms with Gasteiger partial charge >= 0.3 is 6.09 Å². The number of rotatable bonds is 8. The summed E-state index contributed by atoms with van der Waals surface area (Å²) >= 11 is 6.36. The number of nitrogens with one attached hydrogen (secondary N) is 2. The van der Waals surface area contributed by atoms with Crippen LogP contribution in [0.25, 0.3) is 0 Å². The molecule has 8 nitrogen and oxygen atoms in total. The number of nitrogens with zero attached hydrogens (tertiary/aromatic N) is 1. The van der Waals surface area contributed by atoms with E-state index in [4.69, 9.17) is 16.3 Å². The van der Waals surface area contributed by atoms with Crippen LogP contribution in [-0.2, 0) is 14.3 Å². The van der Waals surface area contributed by atoms with Crippen LogP contribution in [0.15, 0.2) is 36.4 Å². The highest BCUT2D eigenvalue weighted by atomic mass is 35.5. The van der Waals surface area contributed by atoms with Gasteiger partial charge in [0, 0.05) is 6.54 Å². The van der Waals surface area contributed by atoms with Gasteiger partial charge in [-0.2, -0.15) is 0 Å². The molecule has 2 aromatic rings. The number of carbonyl (C=O) groups is 3. The first kappa shape index (κ1) is 29.1. The number of hydrogen-bond acceptors (Lipinski definition) is 5. The van der Waals surface area contributed by atoms with Gasteiger partial charge in [-0.25, -0.2) is 4.79 Å². The van der Waals surface area contributed by atoms with Gasteiger partial charge in [-0.05, 0) is 76.8 Å². The third-order valence-corrected chi connectivity index (χ3v) is 5.96. The van der Waals surface area contributed by atoms with Crippen LogP contribution in [0.2, 0.25) is 5.02 Å². The van der Waals surface area contributed by atoms with Crippen molar-refractivity contribution in [1.29, 1.82) is 0 Å². The summed E-state index contributed by atoms with van der Waals surface area (Å²) in [5.41, 5.74) is 2.73. The predicted octanol–water partition coefficient (Wildman–Crippen LogP) is 4.68. The van der Waals surface area contributed by atoms with E-state index in [0.717, 1.165) is 16.7 Å². The summed E-state index contributed by atoms with van der Waals surface area (Å²) in [5, 5.41) is 15.6. The number of benzene rings is 2. The Bertz CT molecular complexity index is 1070. The number of likely N-dealkylation sites (N-methyl/N-ethyl adjacent to an activating group) is 1. The number of halogens is 1. The Hall–Kier alpha value is -3.10. The van der Waals surface area contributed by atoms with Gasteiger partial charge in [0.25, 0.3) is 5.91 Å². The molecule has 0 saturated carbocycles. The number of carbonyl (C=O) groups excluding carboxylic acids is 3. The molecule has 0 fully saturated rings. The Morgan fingerprint density at radius 3 is 2.08 bits per heavy atom. The lowest BCUT2D eigenvalue weighted by Crippen LogP contribution is -2.54. The highest BCUT2D eigenvalue weighted by Gasteiger charge is 2.37. The molecule has 3 N–H and O–H groups in total. The van der Waals surface area contributed by atoms with Crippen LogP contribution < -0.4 is 10.6 Å². The number of anilines is 1. The lowest BCUT2D eigenvalue weighted by atomic mass is 9.93. The van der Waals surface area contributed by atoms with Crippen molar-refractivity contribution in [3.05, 3.63) is 63.7 Å². The molecule has 196 valence electrons. The first-order valence-corrected chi connectivity index (χ1v) is 12.2.